The van der Waals surface area contributed by atoms with Crippen LogP contribution in [0.15, 0.2) is 36.9 Å². The molecule has 0 aliphatic carbocycles. The molecule has 1 aliphatic rings. The highest BCUT2D eigenvalue weighted by Gasteiger charge is 2.35. The Morgan fingerprint density at radius 2 is 2.29 bits per heavy atom. The van der Waals surface area contributed by atoms with Crippen molar-refractivity contribution in [2.24, 2.45) is 0 Å². The molecule has 0 bridgehead atoms. The van der Waals surface area contributed by atoms with Crippen LogP contribution >= 0.6 is 0 Å². The summed E-state index contributed by atoms with van der Waals surface area (Å²) in [5, 5.41) is 17.7. The van der Waals surface area contributed by atoms with Crippen molar-refractivity contribution in [3.05, 3.63) is 42.5 Å². The van der Waals surface area contributed by atoms with Crippen molar-refractivity contribution in [2.75, 3.05) is 13.1 Å². The second-order valence-electron chi connectivity index (χ2n) is 5.18. The number of hydrogen-bond acceptors (Lipinski definition) is 5. The predicted octanol–water partition coefficient (Wildman–Crippen LogP) is 0.0501. The number of aryl methyl sites for hydroxylation is 1. The zero-order chi connectivity index (χ0) is 14.7. The third-order valence-electron chi connectivity index (χ3n) is 3.74. The number of pyridine rings is 1. The predicted molar refractivity (Wildman–Crippen MR) is 74.2 cm³/mol. The highest BCUT2D eigenvalue weighted by Crippen LogP contribution is 2.22. The van der Waals surface area contributed by atoms with Gasteiger partial charge in [0.2, 0.25) is 5.91 Å². The van der Waals surface area contributed by atoms with Crippen molar-refractivity contribution in [1.29, 1.82) is 0 Å². The third kappa shape index (κ3) is 3.08. The summed E-state index contributed by atoms with van der Waals surface area (Å²) < 4.78 is 1.61. The number of carbonyl (C=O) groups excluding carboxylic acids is 1. The Balaban J connectivity index is 1.57. The summed E-state index contributed by atoms with van der Waals surface area (Å²) in [4.78, 5) is 18.0. The number of rotatable bonds is 4. The van der Waals surface area contributed by atoms with Crippen LogP contribution in [-0.4, -0.2) is 55.1 Å². The third-order valence-corrected chi connectivity index (χ3v) is 3.74. The Kier molecular flexibility index (Phi) is 3.92. The Morgan fingerprint density at radius 3 is 3.00 bits per heavy atom. The monoisotopic (exact) mass is 287 g/mol. The van der Waals surface area contributed by atoms with Crippen LogP contribution < -0.4 is 0 Å². The van der Waals surface area contributed by atoms with Crippen LogP contribution in [0.5, 0.6) is 0 Å². The zero-order valence-corrected chi connectivity index (χ0v) is 11.5. The number of carbonyl (C=O) groups is 1. The highest BCUT2D eigenvalue weighted by atomic mass is 16.3. The highest BCUT2D eigenvalue weighted by molar-refractivity contribution is 5.76. The van der Waals surface area contributed by atoms with Gasteiger partial charge in [0.15, 0.2) is 0 Å². The molecule has 1 saturated heterocycles. The minimum atomic E-state index is -0.603. The normalized spacial score (nSPS) is 21.7. The molecule has 1 N–H and O–H groups in total. The molecule has 110 valence electrons. The fraction of sp³-hybridized carbons (Fsp3) is 0.429. The Morgan fingerprint density at radius 1 is 1.38 bits per heavy atom. The van der Waals surface area contributed by atoms with Gasteiger partial charge in [0.05, 0.1) is 18.3 Å². The number of β-amino-alcohol motifs (C(OH)–C–C–N with tert-alkyl or cyclic N) is 1. The molecule has 0 aromatic carbocycles. The number of likely N-dealkylation sites (tertiary alicyclic amines) is 1. The molecule has 1 aliphatic heterocycles. The van der Waals surface area contributed by atoms with Crippen LogP contribution in [0.4, 0.5) is 0 Å². The average molecular weight is 287 g/mol. The van der Waals surface area contributed by atoms with Gasteiger partial charge in [-0.1, -0.05) is 11.3 Å². The van der Waals surface area contributed by atoms with Crippen molar-refractivity contribution in [3.8, 4) is 0 Å². The van der Waals surface area contributed by atoms with Gasteiger partial charge in [-0.15, -0.1) is 5.10 Å². The summed E-state index contributed by atoms with van der Waals surface area (Å²) in [6, 6.07) is 3.60. The topological polar surface area (TPSA) is 84.1 Å². The summed E-state index contributed by atoms with van der Waals surface area (Å²) >= 11 is 0. The Labute approximate surface area is 122 Å². The number of amides is 1. The smallest absolute Gasteiger partial charge is 0.223 e. The molecule has 0 spiro atoms. The van der Waals surface area contributed by atoms with Gasteiger partial charge in [0.25, 0.3) is 0 Å². The van der Waals surface area contributed by atoms with E-state index >= 15 is 0 Å². The lowest BCUT2D eigenvalue weighted by Gasteiger charge is -2.16. The van der Waals surface area contributed by atoms with Gasteiger partial charge in [0, 0.05) is 38.1 Å². The fourth-order valence-corrected chi connectivity index (χ4v) is 2.58. The van der Waals surface area contributed by atoms with Gasteiger partial charge in [-0.05, 0) is 18.1 Å². The molecule has 7 heteroatoms. The van der Waals surface area contributed by atoms with E-state index in [2.05, 4.69) is 15.3 Å². The molecule has 0 unspecified atom stereocenters. The van der Waals surface area contributed by atoms with Gasteiger partial charge in [-0.3, -0.25) is 9.78 Å². The molecule has 1 amide bonds. The summed E-state index contributed by atoms with van der Waals surface area (Å²) in [5.74, 6) is 0.0421. The summed E-state index contributed by atoms with van der Waals surface area (Å²) in [5.41, 5.74) is 1.04. The van der Waals surface area contributed by atoms with Gasteiger partial charge in [-0.25, -0.2) is 4.68 Å². The Hall–Kier alpha value is -2.28. The van der Waals surface area contributed by atoms with E-state index in [0.717, 1.165) is 5.56 Å². The van der Waals surface area contributed by atoms with E-state index in [1.165, 1.54) is 0 Å². The largest absolute Gasteiger partial charge is 0.389 e. The van der Waals surface area contributed by atoms with Gasteiger partial charge < -0.3 is 10.0 Å². The molecule has 3 heterocycles. The lowest BCUT2D eigenvalue weighted by atomic mass is 10.1. The van der Waals surface area contributed by atoms with E-state index in [-0.39, 0.29) is 11.9 Å². The minimum Gasteiger partial charge on any atom is -0.389 e. The fourth-order valence-electron chi connectivity index (χ4n) is 2.58. The molecule has 3 rings (SSSR count). The first-order chi connectivity index (χ1) is 10.2. The number of aliphatic hydroxyl groups excluding tert-OH is 1. The average Bonchev–Trinajstić information content (AvgIpc) is 3.15. The van der Waals surface area contributed by atoms with Crippen molar-refractivity contribution >= 4 is 5.91 Å². The molecule has 0 radical (unpaired) electrons. The second-order valence-corrected chi connectivity index (χ2v) is 5.18. The summed E-state index contributed by atoms with van der Waals surface area (Å²) in [6.07, 6.45) is 7.23. The van der Waals surface area contributed by atoms with Crippen LogP contribution in [0.25, 0.3) is 0 Å². The van der Waals surface area contributed by atoms with Gasteiger partial charge in [-0.2, -0.15) is 0 Å². The maximum atomic E-state index is 12.2. The van der Waals surface area contributed by atoms with Crippen LogP contribution in [0.1, 0.15) is 18.0 Å². The first kappa shape index (κ1) is 13.7. The molecular formula is C14H17N5O2. The van der Waals surface area contributed by atoms with E-state index in [9.17, 15) is 9.90 Å². The van der Waals surface area contributed by atoms with Crippen molar-refractivity contribution in [1.82, 2.24) is 24.9 Å². The second kappa shape index (κ2) is 6.01. The maximum absolute atomic E-state index is 12.2. The van der Waals surface area contributed by atoms with Crippen LogP contribution in [-0.2, 0) is 11.2 Å². The van der Waals surface area contributed by atoms with E-state index in [1.54, 1.807) is 34.4 Å². The van der Waals surface area contributed by atoms with Crippen molar-refractivity contribution < 1.29 is 9.90 Å². The number of aromatic nitrogens is 4. The van der Waals surface area contributed by atoms with Crippen LogP contribution in [0.2, 0.25) is 0 Å². The van der Waals surface area contributed by atoms with Crippen molar-refractivity contribution in [2.45, 2.75) is 25.0 Å². The summed E-state index contributed by atoms with van der Waals surface area (Å²) in [6.45, 7) is 0.812. The SMILES string of the molecule is O=C(CCc1cccnc1)N1C[C@@H](O)[C@H](n2ccnn2)C1. The standard InChI is InChI=1S/C14H17N5O2/c20-13-10-18(9-12(13)19-7-6-16-17-19)14(21)4-3-11-2-1-5-15-8-11/h1-2,5-8,12-13,20H,3-4,9-10H2/t12-,13-/m1/s1. The molecule has 2 aromatic rings. The molecular weight excluding hydrogens is 270 g/mol. The van der Waals surface area contributed by atoms with Gasteiger partial charge in [0.1, 0.15) is 0 Å². The maximum Gasteiger partial charge on any atom is 0.223 e. The first-order valence-electron chi connectivity index (χ1n) is 6.94. The molecule has 21 heavy (non-hydrogen) atoms. The summed E-state index contributed by atoms with van der Waals surface area (Å²) in [7, 11) is 0. The van der Waals surface area contributed by atoms with E-state index in [1.807, 2.05) is 12.1 Å². The minimum absolute atomic E-state index is 0.0421. The Bertz CT molecular complexity index is 587. The van der Waals surface area contributed by atoms with Gasteiger partial charge >= 0.3 is 0 Å². The number of hydrogen-bond donors (Lipinski definition) is 1. The van der Waals surface area contributed by atoms with E-state index in [4.69, 9.17) is 0 Å². The van der Waals surface area contributed by atoms with Crippen molar-refractivity contribution in [3.63, 3.8) is 0 Å². The molecule has 7 nitrogen and oxygen atoms in total. The number of nitrogens with zero attached hydrogens (tertiary/aromatic N) is 5. The number of aliphatic hydroxyl groups is 1. The zero-order valence-electron chi connectivity index (χ0n) is 11.5. The molecule has 0 saturated carbocycles. The molecule has 2 atom stereocenters. The van der Waals surface area contributed by atoms with E-state index < -0.39 is 6.10 Å². The lowest BCUT2D eigenvalue weighted by Crippen LogP contribution is -2.29. The van der Waals surface area contributed by atoms with Crippen LogP contribution in [0, 0.1) is 0 Å². The van der Waals surface area contributed by atoms with E-state index in [0.29, 0.717) is 25.9 Å². The molecule has 1 fully saturated rings. The lowest BCUT2D eigenvalue weighted by molar-refractivity contribution is -0.130. The molecule has 2 aromatic heterocycles. The first-order valence-corrected chi connectivity index (χ1v) is 6.94. The van der Waals surface area contributed by atoms with Crippen LogP contribution in [0.3, 0.4) is 0 Å². The quantitative estimate of drug-likeness (QED) is 0.859.